The summed E-state index contributed by atoms with van der Waals surface area (Å²) >= 11 is 7.61. The highest BCUT2D eigenvalue weighted by Gasteiger charge is 2.14. The number of piperidine rings is 1. The SMILES string of the molecule is Clc1ccc(CC2CCNCC2)s1. The van der Waals surface area contributed by atoms with Gasteiger partial charge in [0.2, 0.25) is 0 Å². The highest BCUT2D eigenvalue weighted by Crippen LogP contribution is 2.26. The molecule has 1 aromatic rings. The van der Waals surface area contributed by atoms with Gasteiger partial charge in [0.15, 0.2) is 0 Å². The van der Waals surface area contributed by atoms with Crippen LogP contribution in [-0.4, -0.2) is 13.1 Å². The van der Waals surface area contributed by atoms with Gasteiger partial charge in [0.05, 0.1) is 4.34 Å². The van der Waals surface area contributed by atoms with Gasteiger partial charge in [-0.1, -0.05) is 11.6 Å². The van der Waals surface area contributed by atoms with Gasteiger partial charge in [-0.25, -0.2) is 0 Å². The second-order valence-electron chi connectivity index (χ2n) is 3.60. The Kier molecular flexibility index (Phi) is 3.25. The molecular formula is C10H14ClNS. The minimum absolute atomic E-state index is 0.871. The smallest absolute Gasteiger partial charge is 0.0931 e. The molecule has 2 rings (SSSR count). The van der Waals surface area contributed by atoms with Gasteiger partial charge in [0, 0.05) is 4.88 Å². The van der Waals surface area contributed by atoms with E-state index in [0.717, 1.165) is 10.3 Å². The first kappa shape index (κ1) is 9.50. The van der Waals surface area contributed by atoms with Crippen LogP contribution in [0.5, 0.6) is 0 Å². The van der Waals surface area contributed by atoms with Crippen LogP contribution >= 0.6 is 22.9 Å². The Morgan fingerprint density at radius 2 is 2.15 bits per heavy atom. The lowest BCUT2D eigenvalue weighted by Gasteiger charge is -2.21. The summed E-state index contributed by atoms with van der Waals surface area (Å²) in [7, 11) is 0. The highest BCUT2D eigenvalue weighted by molar-refractivity contribution is 7.16. The predicted octanol–water partition coefficient (Wildman–Crippen LogP) is 2.94. The first-order valence-electron chi connectivity index (χ1n) is 4.79. The maximum Gasteiger partial charge on any atom is 0.0931 e. The number of thiophene rings is 1. The number of nitrogens with one attached hydrogen (secondary N) is 1. The lowest BCUT2D eigenvalue weighted by Crippen LogP contribution is -2.28. The Labute approximate surface area is 88.1 Å². The summed E-state index contributed by atoms with van der Waals surface area (Å²) in [6.07, 6.45) is 3.85. The van der Waals surface area contributed by atoms with Crippen LogP contribution in [0.15, 0.2) is 12.1 Å². The molecule has 1 fully saturated rings. The number of halogens is 1. The minimum Gasteiger partial charge on any atom is -0.317 e. The zero-order valence-corrected chi connectivity index (χ0v) is 9.13. The van der Waals surface area contributed by atoms with E-state index in [0.29, 0.717) is 0 Å². The van der Waals surface area contributed by atoms with Gasteiger partial charge < -0.3 is 5.32 Å². The second kappa shape index (κ2) is 4.45. The fourth-order valence-corrected chi connectivity index (χ4v) is 3.03. The molecule has 0 radical (unpaired) electrons. The van der Waals surface area contributed by atoms with Gasteiger partial charge in [0.25, 0.3) is 0 Å². The number of hydrogen-bond donors (Lipinski definition) is 1. The summed E-state index contributed by atoms with van der Waals surface area (Å²) in [5.41, 5.74) is 0. The van der Waals surface area contributed by atoms with Crippen molar-refractivity contribution in [2.24, 2.45) is 5.92 Å². The summed E-state index contributed by atoms with van der Waals surface area (Å²) in [5, 5.41) is 3.38. The first-order chi connectivity index (χ1) is 6.34. The van der Waals surface area contributed by atoms with Gasteiger partial charge in [-0.2, -0.15) is 0 Å². The molecule has 2 heterocycles. The fourth-order valence-electron chi connectivity index (χ4n) is 1.83. The molecule has 13 heavy (non-hydrogen) atoms. The maximum atomic E-state index is 5.88. The summed E-state index contributed by atoms with van der Waals surface area (Å²) in [6.45, 7) is 2.37. The average Bonchev–Trinajstić information content (AvgIpc) is 2.53. The summed E-state index contributed by atoms with van der Waals surface area (Å²) in [4.78, 5) is 1.44. The van der Waals surface area contributed by atoms with Crippen molar-refractivity contribution in [2.45, 2.75) is 19.3 Å². The number of rotatable bonds is 2. The monoisotopic (exact) mass is 215 g/mol. The molecule has 0 atom stereocenters. The highest BCUT2D eigenvalue weighted by atomic mass is 35.5. The van der Waals surface area contributed by atoms with Crippen molar-refractivity contribution in [3.63, 3.8) is 0 Å². The van der Waals surface area contributed by atoms with Crippen LogP contribution in [0.4, 0.5) is 0 Å². The van der Waals surface area contributed by atoms with Crippen molar-refractivity contribution in [2.75, 3.05) is 13.1 Å². The van der Waals surface area contributed by atoms with E-state index in [9.17, 15) is 0 Å². The quantitative estimate of drug-likeness (QED) is 0.800. The topological polar surface area (TPSA) is 12.0 Å². The molecule has 0 aliphatic carbocycles. The van der Waals surface area contributed by atoms with E-state index in [2.05, 4.69) is 11.4 Å². The van der Waals surface area contributed by atoms with E-state index in [-0.39, 0.29) is 0 Å². The zero-order valence-electron chi connectivity index (χ0n) is 7.55. The molecule has 0 unspecified atom stereocenters. The number of hydrogen-bond acceptors (Lipinski definition) is 2. The normalized spacial score (nSPS) is 19.2. The largest absolute Gasteiger partial charge is 0.317 e. The third-order valence-corrected chi connectivity index (χ3v) is 3.83. The van der Waals surface area contributed by atoms with Gasteiger partial charge in [-0.05, 0) is 50.4 Å². The molecular weight excluding hydrogens is 202 g/mol. The molecule has 72 valence electrons. The van der Waals surface area contributed by atoms with Crippen molar-refractivity contribution in [3.8, 4) is 0 Å². The molecule has 1 aliphatic rings. The summed E-state index contributed by atoms with van der Waals surface area (Å²) in [6, 6.07) is 4.16. The van der Waals surface area contributed by atoms with Crippen LogP contribution in [0.25, 0.3) is 0 Å². The van der Waals surface area contributed by atoms with Crippen LogP contribution < -0.4 is 5.32 Å². The molecule has 0 spiro atoms. The molecule has 0 bridgehead atoms. The van der Waals surface area contributed by atoms with Crippen molar-refractivity contribution in [3.05, 3.63) is 21.3 Å². The Morgan fingerprint density at radius 3 is 2.77 bits per heavy atom. The molecule has 0 aromatic carbocycles. The minimum atomic E-state index is 0.871. The Morgan fingerprint density at radius 1 is 1.38 bits per heavy atom. The average molecular weight is 216 g/mol. The van der Waals surface area contributed by atoms with E-state index in [1.807, 2.05) is 6.07 Å². The first-order valence-corrected chi connectivity index (χ1v) is 5.99. The molecule has 1 aliphatic heterocycles. The van der Waals surface area contributed by atoms with Crippen molar-refractivity contribution in [1.29, 1.82) is 0 Å². The van der Waals surface area contributed by atoms with Crippen LogP contribution in [0.2, 0.25) is 4.34 Å². The van der Waals surface area contributed by atoms with Crippen LogP contribution in [0.3, 0.4) is 0 Å². The van der Waals surface area contributed by atoms with E-state index in [1.54, 1.807) is 11.3 Å². The van der Waals surface area contributed by atoms with E-state index in [1.165, 1.54) is 37.2 Å². The van der Waals surface area contributed by atoms with E-state index >= 15 is 0 Å². The Hall–Kier alpha value is -0.0500. The molecule has 1 N–H and O–H groups in total. The maximum absolute atomic E-state index is 5.88. The predicted molar refractivity (Wildman–Crippen MR) is 58.6 cm³/mol. The van der Waals surface area contributed by atoms with E-state index < -0.39 is 0 Å². The zero-order chi connectivity index (χ0) is 9.10. The lowest BCUT2D eigenvalue weighted by molar-refractivity contribution is 0.374. The second-order valence-corrected chi connectivity index (χ2v) is 5.40. The van der Waals surface area contributed by atoms with Gasteiger partial charge in [-0.3, -0.25) is 0 Å². The molecule has 1 aromatic heterocycles. The standard InChI is InChI=1S/C10H14ClNS/c11-10-2-1-9(13-10)7-8-3-5-12-6-4-8/h1-2,8,12H,3-7H2. The third-order valence-electron chi connectivity index (χ3n) is 2.58. The molecule has 3 heteroatoms. The van der Waals surface area contributed by atoms with Crippen molar-refractivity contribution < 1.29 is 0 Å². The molecule has 1 nitrogen and oxygen atoms in total. The van der Waals surface area contributed by atoms with Crippen LogP contribution in [0.1, 0.15) is 17.7 Å². The molecule has 0 amide bonds. The molecule has 1 saturated heterocycles. The molecule has 0 saturated carbocycles. The third kappa shape index (κ3) is 2.70. The summed E-state index contributed by atoms with van der Waals surface area (Å²) < 4.78 is 0.920. The van der Waals surface area contributed by atoms with Crippen molar-refractivity contribution in [1.82, 2.24) is 5.32 Å². The van der Waals surface area contributed by atoms with Gasteiger partial charge in [-0.15, -0.1) is 11.3 Å². The van der Waals surface area contributed by atoms with Gasteiger partial charge in [0.1, 0.15) is 0 Å². The Balaban J connectivity index is 1.89. The van der Waals surface area contributed by atoms with Crippen LogP contribution in [-0.2, 0) is 6.42 Å². The Bertz CT molecular complexity index is 266. The van der Waals surface area contributed by atoms with Gasteiger partial charge >= 0.3 is 0 Å². The fraction of sp³-hybridized carbons (Fsp3) is 0.600. The van der Waals surface area contributed by atoms with E-state index in [4.69, 9.17) is 11.6 Å². The van der Waals surface area contributed by atoms with Crippen LogP contribution in [0, 0.1) is 5.92 Å². The van der Waals surface area contributed by atoms with Crippen molar-refractivity contribution >= 4 is 22.9 Å². The lowest BCUT2D eigenvalue weighted by atomic mass is 9.94. The summed E-state index contributed by atoms with van der Waals surface area (Å²) in [5.74, 6) is 0.871.